The van der Waals surface area contributed by atoms with Crippen molar-refractivity contribution in [1.29, 1.82) is 0 Å². The van der Waals surface area contributed by atoms with Crippen LogP contribution in [-0.4, -0.2) is 106 Å². The Morgan fingerprint density at radius 2 is 0.629 bits per heavy atom. The largest absolute Gasteiger partial charge is 0.352 e. The molecular formula is C56H58N8O6. The van der Waals surface area contributed by atoms with Gasteiger partial charge in [-0.1, -0.05) is 121 Å². The average Bonchev–Trinajstić information content (AvgIpc) is 4.32. The number of hydrogen-bond donors (Lipinski definition) is 4. The van der Waals surface area contributed by atoms with E-state index in [0.717, 1.165) is 47.9 Å². The molecule has 4 aliphatic carbocycles. The maximum absolute atomic E-state index is 13.9. The summed E-state index contributed by atoms with van der Waals surface area (Å²) in [5.74, 6) is -3.42. The first kappa shape index (κ1) is 45.2. The third-order valence-corrected chi connectivity index (χ3v) is 15.5. The van der Waals surface area contributed by atoms with E-state index in [4.69, 9.17) is 0 Å². The Morgan fingerprint density at radius 3 is 0.857 bits per heavy atom. The molecule has 0 spiro atoms. The van der Waals surface area contributed by atoms with E-state index in [0.29, 0.717) is 11.4 Å². The molecule has 2 aliphatic heterocycles. The first-order valence-corrected chi connectivity index (χ1v) is 24.9. The number of amides is 6. The van der Waals surface area contributed by atoms with Gasteiger partial charge in [-0.2, -0.15) is 0 Å². The maximum atomic E-state index is 13.9. The van der Waals surface area contributed by atoms with Crippen molar-refractivity contribution in [2.24, 2.45) is 23.7 Å². The number of aromatic nitrogens is 2. The van der Waals surface area contributed by atoms with Gasteiger partial charge in [-0.15, -0.1) is 0 Å². The monoisotopic (exact) mass is 938 g/mol. The summed E-state index contributed by atoms with van der Waals surface area (Å²) < 4.78 is 0. The van der Waals surface area contributed by atoms with Crippen LogP contribution in [0.25, 0.3) is 0 Å². The van der Waals surface area contributed by atoms with Crippen molar-refractivity contribution in [3.63, 3.8) is 0 Å². The molecule has 6 amide bonds. The van der Waals surface area contributed by atoms with Gasteiger partial charge in [-0.05, 0) is 47.9 Å². The van der Waals surface area contributed by atoms with E-state index < -0.39 is 23.7 Å². The standard InChI is InChI=1S/C56H58N8O6/c65-51(63-29-43(53(67)59-47-23-39(47)33-13-5-1-6-14-33)44(30-63)54(68)60-48-24-40(48)34-15-7-2-8-16-34)21-37-27-58-38(28-57-37)22-52(66)64-31-45(55(69)61-49-25-41(49)35-17-9-3-10-18-35)46(32-64)56(70)62-50-26-42(50)36-19-11-4-12-20-36/h1-20,27-28,39-50H,21-26,29-32H2,(H,59,67)(H,60,68)(H,61,69)(H,62,70)/t39-,40-,41-,42-,43-,44-,45-,46-,47+,48+,49+,50+/m1/s1. The van der Waals surface area contributed by atoms with Crippen LogP contribution in [0.5, 0.6) is 0 Å². The van der Waals surface area contributed by atoms with Gasteiger partial charge in [0, 0.05) is 86.4 Å². The first-order valence-electron chi connectivity index (χ1n) is 24.9. The molecule has 358 valence electrons. The second-order valence-electron chi connectivity index (χ2n) is 20.3. The Kier molecular flexibility index (Phi) is 12.5. The summed E-state index contributed by atoms with van der Waals surface area (Å²) in [7, 11) is 0. The van der Waals surface area contributed by atoms with E-state index in [1.54, 1.807) is 9.80 Å². The molecule has 5 aromatic rings. The SMILES string of the molecule is O=C(N[C@H]1C[C@@H]1c1ccccc1)[C@@H]1CN(C(=O)Cc2cnc(CC(=O)N3C[C@@H](C(=O)N[C@H]4C[C@@H]4c4ccccc4)[C@H](C(=O)N[C@H]4C[C@@H]4c4ccccc4)C3)cn2)C[C@H]1C(=O)N[C@H]1C[C@@H]1c1ccccc1. The van der Waals surface area contributed by atoms with Gasteiger partial charge in [0.2, 0.25) is 35.4 Å². The number of hydrogen-bond acceptors (Lipinski definition) is 8. The molecule has 4 N–H and O–H groups in total. The Morgan fingerprint density at radius 1 is 0.386 bits per heavy atom. The van der Waals surface area contributed by atoms with Crippen LogP contribution in [0.4, 0.5) is 0 Å². The molecule has 4 aromatic carbocycles. The topological polar surface area (TPSA) is 183 Å². The quantitative estimate of drug-likeness (QED) is 0.112. The Balaban J connectivity index is 0.712. The minimum absolute atomic E-state index is 0.0246. The fraction of sp³-hybridized carbons (Fsp3) is 0.393. The third kappa shape index (κ3) is 10.1. The normalized spacial score (nSPS) is 29.1. The van der Waals surface area contributed by atoms with Crippen LogP contribution in [0.15, 0.2) is 134 Å². The summed E-state index contributed by atoms with van der Waals surface area (Å²) in [6, 6.07) is 40.2. The average molecular weight is 939 g/mol. The number of benzene rings is 4. The lowest BCUT2D eigenvalue weighted by atomic mass is 9.94. The van der Waals surface area contributed by atoms with E-state index >= 15 is 0 Å². The van der Waals surface area contributed by atoms with Gasteiger partial charge < -0.3 is 31.1 Å². The molecule has 6 fully saturated rings. The predicted molar refractivity (Wildman–Crippen MR) is 259 cm³/mol. The highest BCUT2D eigenvalue weighted by Gasteiger charge is 2.51. The van der Waals surface area contributed by atoms with Crippen LogP contribution in [0, 0.1) is 23.7 Å². The van der Waals surface area contributed by atoms with E-state index in [2.05, 4.69) is 79.8 Å². The molecule has 3 heterocycles. The zero-order valence-corrected chi connectivity index (χ0v) is 38.9. The van der Waals surface area contributed by atoms with E-state index in [9.17, 15) is 28.8 Å². The summed E-state index contributed by atoms with van der Waals surface area (Å²) >= 11 is 0. The summed E-state index contributed by atoms with van der Waals surface area (Å²) in [6.07, 6.45) is 6.05. The van der Waals surface area contributed by atoms with Crippen molar-refractivity contribution in [3.8, 4) is 0 Å². The Bertz CT molecular complexity index is 2410. The highest BCUT2D eigenvalue weighted by atomic mass is 16.2. The van der Waals surface area contributed by atoms with Crippen LogP contribution in [-0.2, 0) is 41.6 Å². The highest BCUT2D eigenvalue weighted by molar-refractivity contribution is 5.92. The van der Waals surface area contributed by atoms with Crippen molar-refractivity contribution in [2.75, 3.05) is 26.2 Å². The summed E-state index contributed by atoms with van der Waals surface area (Å²) in [6.45, 7) is 0.423. The van der Waals surface area contributed by atoms with Gasteiger partial charge in [0.15, 0.2) is 0 Å². The molecule has 14 nitrogen and oxygen atoms in total. The lowest BCUT2D eigenvalue weighted by Gasteiger charge is -2.18. The molecule has 0 radical (unpaired) electrons. The fourth-order valence-electron chi connectivity index (χ4n) is 11.0. The number of rotatable bonds is 16. The predicted octanol–water partition coefficient (Wildman–Crippen LogP) is 4.40. The molecule has 0 bridgehead atoms. The van der Waals surface area contributed by atoms with E-state index in [1.807, 2.05) is 72.8 Å². The van der Waals surface area contributed by atoms with Gasteiger partial charge in [0.1, 0.15) is 0 Å². The van der Waals surface area contributed by atoms with Gasteiger partial charge >= 0.3 is 0 Å². The third-order valence-electron chi connectivity index (χ3n) is 15.5. The van der Waals surface area contributed by atoms with Crippen molar-refractivity contribution < 1.29 is 28.8 Å². The van der Waals surface area contributed by atoms with Gasteiger partial charge in [-0.25, -0.2) is 0 Å². The molecule has 70 heavy (non-hydrogen) atoms. The summed E-state index contributed by atoms with van der Waals surface area (Å²) in [4.78, 5) is 95.6. The number of carbonyl (C=O) groups excluding carboxylic acids is 6. The lowest BCUT2D eigenvalue weighted by molar-refractivity contribution is -0.133. The molecule has 1 aromatic heterocycles. The summed E-state index contributed by atoms with van der Waals surface area (Å²) in [5, 5.41) is 12.7. The Labute approximate surface area is 407 Å². The maximum Gasteiger partial charge on any atom is 0.228 e. The first-order chi connectivity index (χ1) is 34.1. The van der Waals surface area contributed by atoms with Crippen molar-refractivity contribution in [2.45, 2.75) is 86.4 Å². The van der Waals surface area contributed by atoms with E-state index in [1.165, 1.54) is 12.4 Å². The highest BCUT2D eigenvalue weighted by Crippen LogP contribution is 2.44. The minimum atomic E-state index is -0.712. The van der Waals surface area contributed by atoms with Crippen LogP contribution < -0.4 is 21.3 Å². The lowest BCUT2D eigenvalue weighted by Crippen LogP contribution is -2.43. The van der Waals surface area contributed by atoms with Crippen molar-refractivity contribution >= 4 is 35.4 Å². The number of nitrogens with zero attached hydrogens (tertiary/aromatic N) is 4. The summed E-state index contributed by atoms with van der Waals surface area (Å²) in [5.41, 5.74) is 5.43. The molecule has 2 saturated heterocycles. The van der Waals surface area contributed by atoms with Crippen molar-refractivity contribution in [3.05, 3.63) is 167 Å². The zero-order chi connectivity index (χ0) is 47.9. The molecule has 11 rings (SSSR count). The fourth-order valence-corrected chi connectivity index (χ4v) is 11.0. The van der Waals surface area contributed by atoms with Crippen LogP contribution in [0.2, 0.25) is 0 Å². The molecule has 6 aliphatic rings. The number of carbonyl (C=O) groups is 6. The molecular weight excluding hydrogens is 881 g/mol. The second kappa shape index (κ2) is 19.3. The van der Waals surface area contributed by atoms with E-state index in [-0.39, 0.29) is 122 Å². The smallest absolute Gasteiger partial charge is 0.228 e. The minimum Gasteiger partial charge on any atom is -0.352 e. The zero-order valence-electron chi connectivity index (χ0n) is 38.9. The Hall–Kier alpha value is -7.22. The van der Waals surface area contributed by atoms with Gasteiger partial charge in [-0.3, -0.25) is 38.7 Å². The molecule has 14 heteroatoms. The van der Waals surface area contributed by atoms with Crippen LogP contribution in [0.3, 0.4) is 0 Å². The van der Waals surface area contributed by atoms with Gasteiger partial charge in [0.25, 0.3) is 0 Å². The second-order valence-corrected chi connectivity index (χ2v) is 20.3. The molecule has 0 unspecified atom stereocenters. The van der Waals surface area contributed by atoms with Crippen LogP contribution >= 0.6 is 0 Å². The molecule has 12 atom stereocenters. The van der Waals surface area contributed by atoms with Crippen LogP contribution in [0.1, 0.15) is 83.0 Å². The number of nitrogens with one attached hydrogen (secondary N) is 4. The number of likely N-dealkylation sites (tertiary alicyclic amines) is 2. The van der Waals surface area contributed by atoms with Crippen molar-refractivity contribution in [1.82, 2.24) is 41.0 Å². The van der Waals surface area contributed by atoms with Gasteiger partial charge in [0.05, 0.1) is 47.9 Å². The molecule has 4 saturated carbocycles.